The lowest BCUT2D eigenvalue weighted by molar-refractivity contribution is -0.144. The van der Waals surface area contributed by atoms with E-state index in [2.05, 4.69) is 48.3 Å². The third-order valence-corrected chi connectivity index (χ3v) is 5.12. The van der Waals surface area contributed by atoms with Gasteiger partial charge in [-0.15, -0.1) is 0 Å². The van der Waals surface area contributed by atoms with Crippen LogP contribution in [-0.2, 0) is 27.1 Å². The molecule has 0 unspecified atom stereocenters. The van der Waals surface area contributed by atoms with E-state index in [0.717, 1.165) is 25.9 Å². The zero-order chi connectivity index (χ0) is 17.2. The van der Waals surface area contributed by atoms with Gasteiger partial charge in [0.25, 0.3) is 0 Å². The second-order valence-electron chi connectivity index (χ2n) is 7.06. The monoisotopic (exact) mass is 332 g/mol. The van der Waals surface area contributed by atoms with E-state index in [0.29, 0.717) is 13.2 Å². The Balaban J connectivity index is 1.86. The molecule has 1 fully saturated rings. The van der Waals surface area contributed by atoms with Crippen LogP contribution in [0.25, 0.3) is 0 Å². The second kappa shape index (κ2) is 7.21. The van der Waals surface area contributed by atoms with Gasteiger partial charge in [0.05, 0.1) is 18.8 Å². The van der Waals surface area contributed by atoms with E-state index in [1.54, 1.807) is 7.11 Å². The molecule has 1 amide bonds. The Morgan fingerprint density at radius 2 is 1.83 bits per heavy atom. The Morgan fingerprint density at radius 1 is 1.25 bits per heavy atom. The Hall–Kier alpha value is -1.43. The number of nitrogens with zero attached hydrogens (tertiary/aromatic N) is 1. The van der Waals surface area contributed by atoms with Gasteiger partial charge in [0.15, 0.2) is 0 Å². The maximum absolute atomic E-state index is 13.2. The molecule has 3 rings (SSSR count). The van der Waals surface area contributed by atoms with Crippen LogP contribution in [0.3, 0.4) is 0 Å². The third kappa shape index (κ3) is 3.34. The number of rotatable bonds is 5. The van der Waals surface area contributed by atoms with Crippen molar-refractivity contribution in [1.82, 2.24) is 10.2 Å². The van der Waals surface area contributed by atoms with Crippen molar-refractivity contribution < 1.29 is 14.3 Å². The first-order chi connectivity index (χ1) is 11.5. The molecule has 5 nitrogen and oxygen atoms in total. The number of hydrogen-bond donors (Lipinski definition) is 1. The number of amides is 1. The lowest BCUT2D eigenvalue weighted by Gasteiger charge is -2.45. The number of carbonyl (C=O) groups is 1. The summed E-state index contributed by atoms with van der Waals surface area (Å²) >= 11 is 0. The highest BCUT2D eigenvalue weighted by molar-refractivity contribution is 5.88. The van der Waals surface area contributed by atoms with Gasteiger partial charge in [-0.3, -0.25) is 9.69 Å². The molecule has 0 spiro atoms. The molecule has 1 aromatic carbocycles. The van der Waals surface area contributed by atoms with Crippen LogP contribution in [0, 0.1) is 0 Å². The molecule has 1 aliphatic heterocycles. The van der Waals surface area contributed by atoms with Crippen molar-refractivity contribution in [2.75, 3.05) is 33.4 Å². The van der Waals surface area contributed by atoms with Crippen LogP contribution in [-0.4, -0.2) is 61.9 Å². The van der Waals surface area contributed by atoms with Crippen molar-refractivity contribution >= 4 is 5.91 Å². The van der Waals surface area contributed by atoms with Crippen LogP contribution >= 0.6 is 0 Å². The zero-order valence-corrected chi connectivity index (χ0v) is 14.9. The van der Waals surface area contributed by atoms with Crippen LogP contribution in [0.5, 0.6) is 0 Å². The highest BCUT2D eigenvalue weighted by atomic mass is 16.5. The summed E-state index contributed by atoms with van der Waals surface area (Å²) in [5, 5.41) is 3.08. The number of benzene rings is 1. The Bertz CT molecular complexity index is 555. The highest BCUT2D eigenvalue weighted by Gasteiger charge is 2.49. The molecule has 132 valence electrons. The Kier molecular flexibility index (Phi) is 5.23. The van der Waals surface area contributed by atoms with Gasteiger partial charge in [-0.1, -0.05) is 24.3 Å². The van der Waals surface area contributed by atoms with E-state index in [4.69, 9.17) is 9.47 Å². The molecule has 0 aromatic heterocycles. The summed E-state index contributed by atoms with van der Waals surface area (Å²) in [5.41, 5.74) is 2.06. The topological polar surface area (TPSA) is 50.8 Å². The molecular formula is C19H28N2O3. The van der Waals surface area contributed by atoms with Gasteiger partial charge in [-0.25, -0.2) is 0 Å². The Morgan fingerprint density at radius 3 is 2.38 bits per heavy atom. The van der Waals surface area contributed by atoms with Crippen LogP contribution in [0.4, 0.5) is 0 Å². The minimum Gasteiger partial charge on any atom is -0.383 e. The predicted octanol–water partition coefficient (Wildman–Crippen LogP) is 1.40. The van der Waals surface area contributed by atoms with Gasteiger partial charge < -0.3 is 14.8 Å². The van der Waals surface area contributed by atoms with Crippen molar-refractivity contribution in [3.63, 3.8) is 0 Å². The predicted molar refractivity (Wildman–Crippen MR) is 93.0 cm³/mol. The lowest BCUT2D eigenvalue weighted by Crippen LogP contribution is -2.64. The molecule has 0 radical (unpaired) electrons. The summed E-state index contributed by atoms with van der Waals surface area (Å²) in [6.45, 7) is 6.82. The standard InChI is InChI=1S/C19H28N2O3/c1-14-12-21(13-15(2)24-14)19(18(22)20-8-9-23-3)10-16-6-4-5-7-17(16)11-19/h4-7,14-15H,8-13H2,1-3H3,(H,20,22)/t14-,15+. The normalized spacial score (nSPS) is 26.1. The van der Waals surface area contributed by atoms with E-state index in [1.807, 2.05) is 0 Å². The molecule has 24 heavy (non-hydrogen) atoms. The summed E-state index contributed by atoms with van der Waals surface area (Å²) in [5.74, 6) is 0.108. The average molecular weight is 332 g/mol. The van der Waals surface area contributed by atoms with Gasteiger partial charge in [0.1, 0.15) is 5.54 Å². The smallest absolute Gasteiger partial charge is 0.241 e. The molecule has 1 aromatic rings. The van der Waals surface area contributed by atoms with Crippen molar-refractivity contribution in [2.45, 2.75) is 44.4 Å². The zero-order valence-electron chi connectivity index (χ0n) is 14.9. The molecule has 1 heterocycles. The van der Waals surface area contributed by atoms with Gasteiger partial charge in [0, 0.05) is 39.6 Å². The van der Waals surface area contributed by atoms with Crippen LogP contribution in [0.15, 0.2) is 24.3 Å². The minimum absolute atomic E-state index is 0.108. The first-order valence-electron chi connectivity index (χ1n) is 8.79. The number of nitrogens with one attached hydrogen (secondary N) is 1. The molecule has 2 aliphatic rings. The SMILES string of the molecule is COCCNC(=O)C1(N2C[C@@H](C)O[C@@H](C)C2)Cc2ccccc2C1. The quantitative estimate of drug-likeness (QED) is 0.828. The first-order valence-corrected chi connectivity index (χ1v) is 8.79. The Labute approximate surface area is 144 Å². The maximum Gasteiger partial charge on any atom is 0.241 e. The summed E-state index contributed by atoms with van der Waals surface area (Å²) in [6, 6.07) is 8.41. The number of morpholine rings is 1. The number of hydrogen-bond acceptors (Lipinski definition) is 4. The van der Waals surface area contributed by atoms with Crippen LogP contribution < -0.4 is 5.32 Å². The second-order valence-corrected chi connectivity index (χ2v) is 7.06. The molecular weight excluding hydrogens is 304 g/mol. The van der Waals surface area contributed by atoms with E-state index >= 15 is 0 Å². The molecule has 1 aliphatic carbocycles. The fraction of sp³-hybridized carbons (Fsp3) is 0.632. The van der Waals surface area contributed by atoms with Crippen LogP contribution in [0.1, 0.15) is 25.0 Å². The number of ether oxygens (including phenoxy) is 2. The van der Waals surface area contributed by atoms with Gasteiger partial charge >= 0.3 is 0 Å². The summed E-state index contributed by atoms with van der Waals surface area (Å²) < 4.78 is 11.0. The molecule has 1 saturated heterocycles. The molecule has 0 saturated carbocycles. The number of carbonyl (C=O) groups excluding carboxylic acids is 1. The van der Waals surface area contributed by atoms with Crippen molar-refractivity contribution in [3.05, 3.63) is 35.4 Å². The van der Waals surface area contributed by atoms with Gasteiger partial charge in [-0.2, -0.15) is 0 Å². The van der Waals surface area contributed by atoms with E-state index in [-0.39, 0.29) is 18.1 Å². The molecule has 5 heteroatoms. The minimum atomic E-state index is -0.510. The fourth-order valence-corrected chi connectivity index (χ4v) is 4.08. The molecule has 2 atom stereocenters. The van der Waals surface area contributed by atoms with Crippen LogP contribution in [0.2, 0.25) is 0 Å². The van der Waals surface area contributed by atoms with Gasteiger partial charge in [0.2, 0.25) is 5.91 Å². The van der Waals surface area contributed by atoms with Crippen molar-refractivity contribution in [3.8, 4) is 0 Å². The van der Waals surface area contributed by atoms with E-state index in [1.165, 1.54) is 11.1 Å². The van der Waals surface area contributed by atoms with Crippen molar-refractivity contribution in [2.24, 2.45) is 0 Å². The highest BCUT2D eigenvalue weighted by Crippen LogP contribution is 2.36. The van der Waals surface area contributed by atoms with E-state index < -0.39 is 5.54 Å². The van der Waals surface area contributed by atoms with Gasteiger partial charge in [-0.05, 0) is 25.0 Å². The number of methoxy groups -OCH3 is 1. The fourth-order valence-electron chi connectivity index (χ4n) is 4.08. The summed E-state index contributed by atoms with van der Waals surface area (Å²) in [7, 11) is 1.65. The largest absolute Gasteiger partial charge is 0.383 e. The molecule has 0 bridgehead atoms. The first kappa shape index (κ1) is 17.4. The summed E-state index contributed by atoms with van der Waals surface area (Å²) in [6.07, 6.45) is 1.81. The lowest BCUT2D eigenvalue weighted by atomic mass is 9.90. The van der Waals surface area contributed by atoms with Crippen molar-refractivity contribution in [1.29, 1.82) is 0 Å². The third-order valence-electron chi connectivity index (χ3n) is 5.12. The van der Waals surface area contributed by atoms with E-state index in [9.17, 15) is 4.79 Å². The maximum atomic E-state index is 13.2. The number of fused-ring (bicyclic) bond motifs is 1. The summed E-state index contributed by atoms with van der Waals surface area (Å²) in [4.78, 5) is 15.5. The average Bonchev–Trinajstić information content (AvgIpc) is 2.95. The molecule has 1 N–H and O–H groups in total.